The first-order valence-corrected chi connectivity index (χ1v) is 11.4. The summed E-state index contributed by atoms with van der Waals surface area (Å²) in [7, 11) is 0. The average Bonchev–Trinajstić information content (AvgIpc) is 3.37. The summed E-state index contributed by atoms with van der Waals surface area (Å²) in [5.74, 6) is 6.84. The second kappa shape index (κ2) is 9.07. The van der Waals surface area contributed by atoms with Gasteiger partial charge in [-0.3, -0.25) is 9.91 Å². The number of fused-ring (bicyclic) bond motifs is 2. The molecule has 32 heavy (non-hydrogen) atoms. The first-order chi connectivity index (χ1) is 15.7. The van der Waals surface area contributed by atoms with Crippen molar-refractivity contribution in [3.63, 3.8) is 0 Å². The fourth-order valence-electron chi connectivity index (χ4n) is 4.61. The number of imidazole rings is 1. The van der Waals surface area contributed by atoms with Crippen LogP contribution in [-0.4, -0.2) is 58.7 Å². The van der Waals surface area contributed by atoms with E-state index in [9.17, 15) is 0 Å². The molecule has 0 atom stereocenters. The molecule has 164 valence electrons. The first kappa shape index (κ1) is 20.6. The van der Waals surface area contributed by atoms with Crippen LogP contribution in [0, 0.1) is 11.8 Å². The van der Waals surface area contributed by atoms with Crippen LogP contribution in [0.15, 0.2) is 49.2 Å². The summed E-state index contributed by atoms with van der Waals surface area (Å²) in [6.07, 6.45) is 10.6. The largest absolute Gasteiger partial charge is 0.398 e. The summed E-state index contributed by atoms with van der Waals surface area (Å²) in [4.78, 5) is 9.19. The van der Waals surface area contributed by atoms with Crippen LogP contribution in [-0.2, 0) is 6.54 Å². The molecule has 0 aliphatic carbocycles. The number of nitrogens with two attached hydrogens (primary N) is 1. The van der Waals surface area contributed by atoms with Crippen molar-refractivity contribution in [1.82, 2.24) is 19.5 Å². The van der Waals surface area contributed by atoms with Crippen molar-refractivity contribution in [2.75, 3.05) is 50.0 Å². The minimum absolute atomic E-state index is 0.744. The van der Waals surface area contributed by atoms with E-state index in [0.717, 1.165) is 66.7 Å². The van der Waals surface area contributed by atoms with E-state index in [1.165, 1.54) is 18.7 Å². The number of nitrogens with zero attached hydrogens (tertiary/aromatic N) is 5. The van der Waals surface area contributed by atoms with Gasteiger partial charge in [0.2, 0.25) is 0 Å². The number of hydrogen-bond acceptors (Lipinski definition) is 5. The Balaban J connectivity index is 1.35. The lowest BCUT2D eigenvalue weighted by Crippen LogP contribution is -2.46. The molecule has 3 aromatic rings. The number of rotatable bonds is 4. The third-order valence-corrected chi connectivity index (χ3v) is 6.57. The number of benzene rings is 2. The summed E-state index contributed by atoms with van der Waals surface area (Å²) >= 11 is 0. The fourth-order valence-corrected chi connectivity index (χ4v) is 4.61. The molecule has 0 amide bonds. The molecule has 0 saturated carbocycles. The van der Waals surface area contributed by atoms with Gasteiger partial charge >= 0.3 is 0 Å². The SMILES string of the molecule is CCN1CCN(CCC#Cc2cccc3c(N)c4c(cc23)CN(n2ccnc2)C=C4)CC1. The first-order valence-electron chi connectivity index (χ1n) is 11.4. The normalized spacial score (nSPS) is 16.7. The lowest BCUT2D eigenvalue weighted by molar-refractivity contribution is 0.139. The molecule has 1 aromatic heterocycles. The van der Waals surface area contributed by atoms with E-state index in [0.29, 0.717) is 0 Å². The number of aromatic nitrogens is 2. The molecule has 1 saturated heterocycles. The van der Waals surface area contributed by atoms with Gasteiger partial charge in [-0.05, 0) is 35.7 Å². The van der Waals surface area contributed by atoms with E-state index in [1.54, 1.807) is 12.5 Å². The Hall–Kier alpha value is -3.27. The van der Waals surface area contributed by atoms with Gasteiger partial charge in [-0.15, -0.1) is 0 Å². The molecule has 0 radical (unpaired) electrons. The maximum absolute atomic E-state index is 6.60. The molecule has 1 fully saturated rings. The Morgan fingerprint density at radius 2 is 1.94 bits per heavy atom. The number of likely N-dealkylation sites (N-methyl/N-ethyl adjacent to an activating group) is 1. The van der Waals surface area contributed by atoms with Crippen molar-refractivity contribution in [3.8, 4) is 11.8 Å². The lowest BCUT2D eigenvalue weighted by atomic mass is 9.94. The van der Waals surface area contributed by atoms with E-state index in [1.807, 2.05) is 10.9 Å². The monoisotopic (exact) mass is 426 g/mol. The summed E-state index contributed by atoms with van der Waals surface area (Å²) in [5.41, 5.74) is 10.8. The Morgan fingerprint density at radius 3 is 2.72 bits per heavy atom. The van der Waals surface area contributed by atoms with Crippen LogP contribution in [0.2, 0.25) is 0 Å². The highest BCUT2D eigenvalue weighted by atomic mass is 15.5. The zero-order valence-corrected chi connectivity index (χ0v) is 18.7. The molecule has 2 aliphatic rings. The molecule has 2 aromatic carbocycles. The van der Waals surface area contributed by atoms with Crippen molar-refractivity contribution in [2.45, 2.75) is 19.9 Å². The van der Waals surface area contributed by atoms with Crippen LogP contribution < -0.4 is 10.7 Å². The topological polar surface area (TPSA) is 53.6 Å². The van der Waals surface area contributed by atoms with Gasteiger partial charge in [-0.25, -0.2) is 9.66 Å². The van der Waals surface area contributed by atoms with Crippen molar-refractivity contribution in [3.05, 3.63) is 65.9 Å². The van der Waals surface area contributed by atoms with Gasteiger partial charge in [-0.2, -0.15) is 0 Å². The van der Waals surface area contributed by atoms with Gasteiger partial charge < -0.3 is 10.6 Å². The van der Waals surface area contributed by atoms with Gasteiger partial charge in [-0.1, -0.05) is 30.9 Å². The molecule has 0 spiro atoms. The Bertz CT molecular complexity index is 1180. The van der Waals surface area contributed by atoms with Crippen molar-refractivity contribution >= 4 is 22.5 Å². The quantitative estimate of drug-likeness (QED) is 0.513. The lowest BCUT2D eigenvalue weighted by Gasteiger charge is -2.33. The molecular formula is C26H30N6. The molecule has 6 heteroatoms. The molecule has 6 nitrogen and oxygen atoms in total. The van der Waals surface area contributed by atoms with Gasteiger partial charge in [0, 0.05) is 79.9 Å². The minimum atomic E-state index is 0.744. The van der Waals surface area contributed by atoms with Crippen molar-refractivity contribution in [1.29, 1.82) is 0 Å². The van der Waals surface area contributed by atoms with Crippen LogP contribution in [0.4, 0.5) is 5.69 Å². The molecule has 5 rings (SSSR count). The summed E-state index contributed by atoms with van der Waals surface area (Å²) in [6, 6.07) is 8.51. The number of nitrogen functional groups attached to an aromatic ring is 1. The second-order valence-corrected chi connectivity index (χ2v) is 8.45. The van der Waals surface area contributed by atoms with Crippen LogP contribution in [0.1, 0.15) is 30.0 Å². The number of hydrogen-bond donors (Lipinski definition) is 1. The Labute approximate surface area is 189 Å². The van der Waals surface area contributed by atoms with E-state index >= 15 is 0 Å². The van der Waals surface area contributed by atoms with Crippen LogP contribution in [0.25, 0.3) is 16.8 Å². The molecule has 0 bridgehead atoms. The highest BCUT2D eigenvalue weighted by Gasteiger charge is 2.17. The van der Waals surface area contributed by atoms with Gasteiger partial charge in [0.15, 0.2) is 0 Å². The van der Waals surface area contributed by atoms with Gasteiger partial charge in [0.25, 0.3) is 0 Å². The van der Waals surface area contributed by atoms with Crippen LogP contribution in [0.3, 0.4) is 0 Å². The highest BCUT2D eigenvalue weighted by molar-refractivity contribution is 6.01. The Morgan fingerprint density at radius 1 is 1.09 bits per heavy atom. The van der Waals surface area contributed by atoms with Gasteiger partial charge in [0.05, 0.1) is 6.54 Å². The smallest absolute Gasteiger partial charge is 0.114 e. The standard InChI is InChI=1S/C26H30N6/c1-2-29-14-16-30(17-15-29)11-4-3-6-21-7-5-8-24-25(21)18-22-19-31(32-13-10-28-20-32)12-9-23(22)26(24)27/h5,7-10,12-13,18,20H,2,4,11,14-17,19,27H2,1H3. The Kier molecular flexibility index (Phi) is 5.85. The zero-order chi connectivity index (χ0) is 21.9. The van der Waals surface area contributed by atoms with Gasteiger partial charge in [0.1, 0.15) is 6.33 Å². The molecule has 2 N–H and O–H groups in total. The zero-order valence-electron chi connectivity index (χ0n) is 18.7. The summed E-state index contributed by atoms with van der Waals surface area (Å²) in [6.45, 7) is 9.80. The van der Waals surface area contributed by atoms with E-state index in [2.05, 4.69) is 75.1 Å². The second-order valence-electron chi connectivity index (χ2n) is 8.45. The van der Waals surface area contributed by atoms with E-state index in [-0.39, 0.29) is 0 Å². The van der Waals surface area contributed by atoms with E-state index in [4.69, 9.17) is 5.73 Å². The highest BCUT2D eigenvalue weighted by Crippen LogP contribution is 2.33. The fraction of sp³-hybridized carbons (Fsp3) is 0.346. The molecule has 3 heterocycles. The average molecular weight is 427 g/mol. The van der Waals surface area contributed by atoms with Crippen molar-refractivity contribution < 1.29 is 0 Å². The maximum atomic E-state index is 6.60. The number of piperazine rings is 1. The number of anilines is 1. The predicted molar refractivity (Wildman–Crippen MR) is 132 cm³/mol. The maximum Gasteiger partial charge on any atom is 0.114 e. The van der Waals surface area contributed by atoms with Crippen LogP contribution >= 0.6 is 0 Å². The van der Waals surface area contributed by atoms with E-state index < -0.39 is 0 Å². The summed E-state index contributed by atoms with van der Waals surface area (Å²) < 4.78 is 1.98. The third-order valence-electron chi connectivity index (χ3n) is 6.57. The third kappa shape index (κ3) is 4.10. The van der Waals surface area contributed by atoms with Crippen LogP contribution in [0.5, 0.6) is 0 Å². The molecule has 2 aliphatic heterocycles. The minimum Gasteiger partial charge on any atom is -0.398 e. The molecule has 0 unspecified atom stereocenters. The van der Waals surface area contributed by atoms with Crippen molar-refractivity contribution in [2.24, 2.45) is 0 Å². The predicted octanol–water partition coefficient (Wildman–Crippen LogP) is 3.12. The summed E-state index contributed by atoms with van der Waals surface area (Å²) in [5, 5.41) is 4.33. The molecular weight excluding hydrogens is 396 g/mol.